The number of nitrogen functional groups attached to an aromatic ring is 1. The third kappa shape index (κ3) is 3.34. The lowest BCUT2D eigenvalue weighted by molar-refractivity contribution is 0.521. The lowest BCUT2D eigenvalue weighted by Crippen LogP contribution is -2.22. The van der Waals surface area contributed by atoms with Gasteiger partial charge in [0.25, 0.3) is 0 Å². The number of imidazole rings is 1. The average Bonchev–Trinajstić information content (AvgIpc) is 3.43. The van der Waals surface area contributed by atoms with Crippen molar-refractivity contribution >= 4 is 43.7 Å². The summed E-state index contributed by atoms with van der Waals surface area (Å²) < 4.78 is 27.7. The summed E-state index contributed by atoms with van der Waals surface area (Å²) in [7, 11) is -0.508. The molecule has 164 valence electrons. The third-order valence-corrected chi connectivity index (χ3v) is 8.12. The molecule has 0 spiro atoms. The first-order chi connectivity index (χ1) is 15.8. The molecule has 0 unspecified atom stereocenters. The van der Waals surface area contributed by atoms with Crippen molar-refractivity contribution in [3.63, 3.8) is 0 Å². The SMILES string of the molecule is CN(C)S(=O)(=O)c1ccc(-c2csc(-c3cn4c(nc5ccccc54)c(C#N)c3N)n2)cc1. The molecule has 0 saturated heterocycles. The summed E-state index contributed by atoms with van der Waals surface area (Å²) in [5.74, 6) is 0. The van der Waals surface area contributed by atoms with Gasteiger partial charge in [-0.15, -0.1) is 11.3 Å². The molecule has 10 heteroatoms. The molecule has 5 aromatic rings. The van der Waals surface area contributed by atoms with Crippen LogP contribution < -0.4 is 5.73 Å². The number of nitrogens with zero attached hydrogens (tertiary/aromatic N) is 5. The van der Waals surface area contributed by atoms with Gasteiger partial charge in [0.05, 0.1) is 32.9 Å². The molecule has 0 bridgehead atoms. The second-order valence-electron chi connectivity index (χ2n) is 7.59. The van der Waals surface area contributed by atoms with Gasteiger partial charge in [0.2, 0.25) is 10.0 Å². The Morgan fingerprint density at radius 1 is 1.09 bits per heavy atom. The van der Waals surface area contributed by atoms with E-state index in [0.717, 1.165) is 16.6 Å². The molecule has 2 aromatic carbocycles. The number of hydrogen-bond donors (Lipinski definition) is 1. The van der Waals surface area contributed by atoms with E-state index in [1.54, 1.807) is 24.3 Å². The van der Waals surface area contributed by atoms with E-state index in [1.165, 1.54) is 29.7 Å². The van der Waals surface area contributed by atoms with Crippen molar-refractivity contribution in [1.82, 2.24) is 18.7 Å². The minimum atomic E-state index is -3.50. The normalized spacial score (nSPS) is 11.9. The Labute approximate surface area is 194 Å². The average molecular weight is 475 g/mol. The third-order valence-electron chi connectivity index (χ3n) is 5.41. The second kappa shape index (κ2) is 7.67. The number of fused-ring (bicyclic) bond motifs is 3. The summed E-state index contributed by atoms with van der Waals surface area (Å²) in [4.78, 5) is 9.50. The predicted molar refractivity (Wildman–Crippen MR) is 129 cm³/mol. The van der Waals surface area contributed by atoms with Gasteiger partial charge >= 0.3 is 0 Å². The number of thiazole rings is 1. The zero-order chi connectivity index (χ0) is 23.3. The van der Waals surface area contributed by atoms with Gasteiger partial charge in [-0.3, -0.25) is 4.40 Å². The lowest BCUT2D eigenvalue weighted by atomic mass is 10.1. The zero-order valence-corrected chi connectivity index (χ0v) is 19.4. The number of nitrogens with two attached hydrogens (primary N) is 1. The summed E-state index contributed by atoms with van der Waals surface area (Å²) >= 11 is 1.40. The molecule has 3 heterocycles. The molecule has 2 N–H and O–H groups in total. The first-order valence-corrected chi connectivity index (χ1v) is 12.2. The topological polar surface area (TPSA) is 117 Å². The maximum atomic E-state index is 12.3. The number of hydrogen-bond acceptors (Lipinski definition) is 7. The molecule has 0 radical (unpaired) electrons. The van der Waals surface area contributed by atoms with Gasteiger partial charge in [-0.25, -0.2) is 22.7 Å². The first-order valence-electron chi connectivity index (χ1n) is 9.89. The maximum absolute atomic E-state index is 12.3. The number of sulfonamides is 1. The lowest BCUT2D eigenvalue weighted by Gasteiger charge is -2.11. The molecule has 0 aliphatic rings. The van der Waals surface area contributed by atoms with Gasteiger partial charge in [0, 0.05) is 31.2 Å². The van der Waals surface area contributed by atoms with Crippen molar-refractivity contribution in [1.29, 1.82) is 5.26 Å². The molecule has 0 fully saturated rings. The van der Waals surface area contributed by atoms with Crippen LogP contribution in [0.3, 0.4) is 0 Å². The quantitative estimate of drug-likeness (QED) is 0.421. The minimum absolute atomic E-state index is 0.215. The Bertz CT molecular complexity index is 1680. The standard InChI is InChI=1S/C23H18N6O2S2/c1-28(2)33(30,31)15-9-7-14(8-10-15)19-13-32-23(27-19)17-12-29-20-6-4-3-5-18(20)26-22(29)16(11-24)21(17)25/h3-10,12-13H,25H2,1-2H3. The Morgan fingerprint density at radius 3 is 2.52 bits per heavy atom. The van der Waals surface area contributed by atoms with Crippen LogP contribution in [0.25, 0.3) is 38.5 Å². The number of rotatable bonds is 4. The summed E-state index contributed by atoms with van der Waals surface area (Å²) in [6, 6.07) is 16.4. The molecule has 0 aliphatic carbocycles. The summed E-state index contributed by atoms with van der Waals surface area (Å²) in [5, 5.41) is 12.3. The molecule has 3 aromatic heterocycles. The molecule has 0 atom stereocenters. The van der Waals surface area contributed by atoms with Crippen molar-refractivity contribution in [2.45, 2.75) is 4.90 Å². The van der Waals surface area contributed by atoms with Gasteiger partial charge in [-0.05, 0) is 24.3 Å². The fourth-order valence-electron chi connectivity index (χ4n) is 3.62. The zero-order valence-electron chi connectivity index (χ0n) is 17.7. The number of anilines is 1. The van der Waals surface area contributed by atoms with Gasteiger partial charge in [0.15, 0.2) is 5.65 Å². The first kappa shape index (κ1) is 21.1. The van der Waals surface area contributed by atoms with E-state index in [4.69, 9.17) is 10.7 Å². The monoisotopic (exact) mass is 474 g/mol. The molecule has 0 aliphatic heterocycles. The minimum Gasteiger partial charge on any atom is -0.397 e. The van der Waals surface area contributed by atoms with Crippen LogP contribution in [0.2, 0.25) is 0 Å². The molecule has 5 rings (SSSR count). The molecule has 33 heavy (non-hydrogen) atoms. The maximum Gasteiger partial charge on any atom is 0.242 e. The van der Waals surface area contributed by atoms with Gasteiger partial charge in [-0.2, -0.15) is 5.26 Å². The summed E-state index contributed by atoms with van der Waals surface area (Å²) in [5.41, 5.74) is 11.3. The van der Waals surface area contributed by atoms with E-state index in [0.29, 0.717) is 33.2 Å². The highest BCUT2D eigenvalue weighted by atomic mass is 32.2. The van der Waals surface area contributed by atoms with Gasteiger partial charge in [0.1, 0.15) is 16.6 Å². The van der Waals surface area contributed by atoms with Crippen LogP contribution in [0, 0.1) is 11.3 Å². The van der Waals surface area contributed by atoms with Crippen LogP contribution in [0.15, 0.2) is 65.0 Å². The number of benzene rings is 2. The fourth-order valence-corrected chi connectivity index (χ4v) is 5.38. The van der Waals surface area contributed by atoms with Crippen LogP contribution >= 0.6 is 11.3 Å². The summed E-state index contributed by atoms with van der Waals surface area (Å²) in [6.45, 7) is 0. The van der Waals surface area contributed by atoms with Crippen LogP contribution in [0.1, 0.15) is 5.56 Å². The highest BCUT2D eigenvalue weighted by molar-refractivity contribution is 7.89. The second-order valence-corrected chi connectivity index (χ2v) is 10.6. The van der Waals surface area contributed by atoms with Gasteiger partial charge < -0.3 is 5.73 Å². The van der Waals surface area contributed by atoms with E-state index in [-0.39, 0.29) is 4.90 Å². The van der Waals surface area contributed by atoms with E-state index in [2.05, 4.69) is 11.1 Å². The molecular formula is C23H18N6O2S2. The van der Waals surface area contributed by atoms with E-state index in [1.807, 2.05) is 40.2 Å². The molecule has 0 saturated carbocycles. The van der Waals surface area contributed by atoms with Crippen molar-refractivity contribution in [2.75, 3.05) is 19.8 Å². The summed E-state index contributed by atoms with van der Waals surface area (Å²) in [6.07, 6.45) is 1.86. The Kier molecular flexibility index (Phi) is 4.90. The Hall–Kier alpha value is -3.78. The van der Waals surface area contributed by atoms with Crippen LogP contribution in [-0.2, 0) is 10.0 Å². The fraction of sp³-hybridized carbons (Fsp3) is 0.0870. The van der Waals surface area contributed by atoms with Crippen LogP contribution in [-0.4, -0.2) is 41.2 Å². The Balaban J connectivity index is 1.60. The predicted octanol–water partition coefficient (Wildman–Crippen LogP) is 3.98. The van der Waals surface area contributed by atoms with Crippen molar-refractivity contribution in [2.24, 2.45) is 0 Å². The number of nitriles is 1. The van der Waals surface area contributed by atoms with Crippen molar-refractivity contribution < 1.29 is 8.42 Å². The smallest absolute Gasteiger partial charge is 0.242 e. The molecular weight excluding hydrogens is 456 g/mol. The highest BCUT2D eigenvalue weighted by Crippen LogP contribution is 2.36. The van der Waals surface area contributed by atoms with Crippen molar-refractivity contribution in [3.8, 4) is 27.9 Å². The van der Waals surface area contributed by atoms with Crippen molar-refractivity contribution in [3.05, 3.63) is 65.7 Å². The highest BCUT2D eigenvalue weighted by Gasteiger charge is 2.20. The van der Waals surface area contributed by atoms with E-state index in [9.17, 15) is 13.7 Å². The number of para-hydroxylation sites is 2. The van der Waals surface area contributed by atoms with E-state index < -0.39 is 10.0 Å². The van der Waals surface area contributed by atoms with Crippen LogP contribution in [0.4, 0.5) is 5.69 Å². The number of pyridine rings is 1. The molecule has 0 amide bonds. The largest absolute Gasteiger partial charge is 0.397 e. The number of aromatic nitrogens is 3. The molecule has 8 nitrogen and oxygen atoms in total. The Morgan fingerprint density at radius 2 is 1.82 bits per heavy atom. The van der Waals surface area contributed by atoms with E-state index >= 15 is 0 Å². The van der Waals surface area contributed by atoms with Crippen LogP contribution in [0.5, 0.6) is 0 Å². The van der Waals surface area contributed by atoms with Gasteiger partial charge in [-0.1, -0.05) is 24.3 Å².